The molecule has 0 amide bonds. The van der Waals surface area contributed by atoms with Crippen molar-refractivity contribution in [1.82, 2.24) is 0 Å². The topological polar surface area (TPSA) is 105 Å². The van der Waals surface area contributed by atoms with Crippen LogP contribution in [0, 0.1) is 16.0 Å². The smallest absolute Gasteiger partial charge is 0.303 e. The van der Waals surface area contributed by atoms with Crippen LogP contribution in [0.1, 0.15) is 54.7 Å². The lowest BCUT2D eigenvalue weighted by atomic mass is 9.77. The minimum atomic E-state index is -0.693. The molecule has 2 N–H and O–H groups in total. The molecule has 0 spiro atoms. The normalized spacial score (nSPS) is 19.3. The molecule has 1 aliphatic carbocycles. The molecule has 0 aromatic heterocycles. The Morgan fingerprint density at radius 1 is 0.943 bits per heavy atom. The van der Waals surface area contributed by atoms with Crippen LogP contribution in [0.5, 0.6) is 0 Å². The predicted octanol–water partition coefficient (Wildman–Crippen LogP) is 6.38. The second kappa shape index (κ2) is 9.70. The van der Waals surface area contributed by atoms with Gasteiger partial charge in [0.25, 0.3) is 5.69 Å². The van der Waals surface area contributed by atoms with Crippen molar-refractivity contribution in [2.24, 2.45) is 10.9 Å². The number of aliphatic imine (C=N–C) groups is 1. The summed E-state index contributed by atoms with van der Waals surface area (Å²) in [6.07, 6.45) is 4.33. The predicted molar refractivity (Wildman–Crippen MR) is 136 cm³/mol. The number of hydrogen-bond acceptors (Lipinski definition) is 5. The van der Waals surface area contributed by atoms with Crippen molar-refractivity contribution in [2.75, 3.05) is 5.32 Å². The first-order valence-corrected chi connectivity index (χ1v) is 12.0. The average Bonchev–Trinajstić information content (AvgIpc) is 2.88. The van der Waals surface area contributed by atoms with Gasteiger partial charge in [0.1, 0.15) is 11.5 Å². The molecule has 1 aliphatic heterocycles. The van der Waals surface area contributed by atoms with Gasteiger partial charge in [-0.1, -0.05) is 60.7 Å². The molecule has 0 atom stereocenters. The Kier molecular flexibility index (Phi) is 6.31. The van der Waals surface area contributed by atoms with Crippen molar-refractivity contribution in [3.05, 3.63) is 93.5 Å². The van der Waals surface area contributed by atoms with Crippen molar-refractivity contribution >= 4 is 23.2 Å². The van der Waals surface area contributed by atoms with E-state index in [0.29, 0.717) is 29.9 Å². The van der Waals surface area contributed by atoms with E-state index >= 15 is 0 Å². The quantitative estimate of drug-likeness (QED) is 0.322. The van der Waals surface area contributed by atoms with Crippen LogP contribution in [0.25, 0.3) is 11.1 Å². The van der Waals surface area contributed by atoms with Crippen molar-refractivity contribution in [3.63, 3.8) is 0 Å². The molecule has 5 rings (SSSR count). The van der Waals surface area contributed by atoms with Crippen LogP contribution < -0.4 is 5.32 Å². The lowest BCUT2D eigenvalue weighted by Gasteiger charge is -2.28. The van der Waals surface area contributed by atoms with E-state index in [1.165, 1.54) is 11.6 Å². The number of para-hydroxylation sites is 1. The van der Waals surface area contributed by atoms with Crippen LogP contribution in [0.2, 0.25) is 0 Å². The molecule has 0 radical (unpaired) electrons. The van der Waals surface area contributed by atoms with E-state index in [1.54, 1.807) is 6.07 Å². The lowest BCUT2D eigenvalue weighted by Crippen LogP contribution is -2.20. The molecular formula is C28H27N3O4. The summed E-state index contributed by atoms with van der Waals surface area (Å²) in [5, 5.41) is 23.6. The van der Waals surface area contributed by atoms with Gasteiger partial charge in [-0.15, -0.1) is 0 Å². The summed E-state index contributed by atoms with van der Waals surface area (Å²) in [5.41, 5.74) is 5.80. The monoisotopic (exact) mass is 469 g/mol. The largest absolute Gasteiger partial charge is 0.481 e. The number of amidine groups is 1. The highest BCUT2D eigenvalue weighted by molar-refractivity contribution is 6.10. The van der Waals surface area contributed by atoms with Crippen molar-refractivity contribution in [1.29, 1.82) is 0 Å². The molecule has 7 nitrogen and oxygen atoms in total. The summed E-state index contributed by atoms with van der Waals surface area (Å²) >= 11 is 0. The molecule has 2 aliphatic rings. The summed E-state index contributed by atoms with van der Waals surface area (Å²) in [5.74, 6) is 0.747. The Bertz CT molecular complexity index is 1270. The number of nitro groups is 1. The Morgan fingerprint density at radius 3 is 2.20 bits per heavy atom. The highest BCUT2D eigenvalue weighted by atomic mass is 16.6. The highest BCUT2D eigenvalue weighted by Crippen LogP contribution is 2.38. The van der Waals surface area contributed by atoms with Gasteiger partial charge in [-0.25, -0.2) is 0 Å². The number of aliphatic carboxylic acids is 1. The Hall–Kier alpha value is -4.00. The van der Waals surface area contributed by atoms with E-state index in [1.807, 2.05) is 30.3 Å². The zero-order valence-electron chi connectivity index (χ0n) is 19.3. The molecule has 1 saturated carbocycles. The third-order valence-corrected chi connectivity index (χ3v) is 7.16. The fourth-order valence-electron chi connectivity index (χ4n) is 5.22. The standard InChI is InChI=1S/C28H27N3O4/c32-26(33)16-18-4-6-19(7-5-18)20-8-10-21(11-9-20)22-12-14-23(15-13-22)28-29-17-24-2-1-3-25(31(34)35)27(24)30-28/h1-3,8-15,18-19H,4-7,16-17H2,(H,29,30)(H,32,33). The fraction of sp³-hybridized carbons (Fsp3) is 0.286. The second-order valence-corrected chi connectivity index (χ2v) is 9.37. The van der Waals surface area contributed by atoms with E-state index in [0.717, 1.165) is 47.9 Å². The lowest BCUT2D eigenvalue weighted by molar-refractivity contribution is -0.384. The number of carbonyl (C=O) groups is 1. The summed E-state index contributed by atoms with van der Waals surface area (Å²) in [6, 6.07) is 21.8. The van der Waals surface area contributed by atoms with Gasteiger partial charge in [0.2, 0.25) is 0 Å². The van der Waals surface area contributed by atoms with E-state index in [-0.39, 0.29) is 17.0 Å². The molecule has 3 aromatic rings. The summed E-state index contributed by atoms with van der Waals surface area (Å²) in [7, 11) is 0. The van der Waals surface area contributed by atoms with Gasteiger partial charge in [0.15, 0.2) is 0 Å². The van der Waals surface area contributed by atoms with Crippen molar-refractivity contribution in [3.8, 4) is 11.1 Å². The van der Waals surface area contributed by atoms with Crippen molar-refractivity contribution in [2.45, 2.75) is 44.6 Å². The molecule has 0 unspecified atom stereocenters. The van der Waals surface area contributed by atoms with Crippen molar-refractivity contribution < 1.29 is 14.8 Å². The molecule has 7 heteroatoms. The first kappa shape index (κ1) is 22.8. The van der Waals surface area contributed by atoms with Gasteiger partial charge >= 0.3 is 5.97 Å². The Morgan fingerprint density at radius 2 is 1.57 bits per heavy atom. The maximum atomic E-state index is 11.4. The third kappa shape index (κ3) is 4.94. The minimum absolute atomic E-state index is 0.0574. The highest BCUT2D eigenvalue weighted by Gasteiger charge is 2.24. The van der Waals surface area contributed by atoms with Crippen LogP contribution in [0.4, 0.5) is 11.4 Å². The van der Waals surface area contributed by atoms with Crippen LogP contribution in [-0.2, 0) is 11.3 Å². The number of anilines is 1. The molecule has 1 heterocycles. The number of nitro benzene ring substituents is 1. The van der Waals surface area contributed by atoms with Crippen LogP contribution in [0.15, 0.2) is 71.7 Å². The Labute approximate surface area is 203 Å². The maximum absolute atomic E-state index is 11.4. The summed E-state index contributed by atoms with van der Waals surface area (Å²) in [6.45, 7) is 0.404. The van der Waals surface area contributed by atoms with Crippen LogP contribution in [-0.4, -0.2) is 21.8 Å². The number of fused-ring (bicyclic) bond motifs is 1. The molecule has 35 heavy (non-hydrogen) atoms. The molecule has 0 saturated heterocycles. The number of carboxylic acids is 1. The second-order valence-electron chi connectivity index (χ2n) is 9.37. The molecule has 3 aromatic carbocycles. The Balaban J connectivity index is 1.26. The first-order chi connectivity index (χ1) is 17.0. The van der Waals surface area contributed by atoms with E-state index in [2.05, 4.69) is 34.6 Å². The fourth-order valence-corrected chi connectivity index (χ4v) is 5.22. The summed E-state index contributed by atoms with van der Waals surface area (Å²) < 4.78 is 0. The van der Waals surface area contributed by atoms with Gasteiger partial charge < -0.3 is 10.4 Å². The van der Waals surface area contributed by atoms with Gasteiger partial charge in [-0.05, 0) is 54.2 Å². The third-order valence-electron chi connectivity index (χ3n) is 7.16. The van der Waals surface area contributed by atoms with Gasteiger partial charge in [-0.3, -0.25) is 19.9 Å². The number of benzene rings is 3. The summed E-state index contributed by atoms with van der Waals surface area (Å²) in [4.78, 5) is 26.6. The number of rotatable bonds is 6. The van der Waals surface area contributed by atoms with Crippen LogP contribution in [0.3, 0.4) is 0 Å². The van der Waals surface area contributed by atoms with Gasteiger partial charge in [0.05, 0.1) is 11.5 Å². The molecule has 1 fully saturated rings. The molecular weight excluding hydrogens is 442 g/mol. The average molecular weight is 470 g/mol. The van der Waals surface area contributed by atoms with E-state index in [4.69, 9.17) is 5.11 Å². The molecule has 0 bridgehead atoms. The van der Waals surface area contributed by atoms with E-state index in [9.17, 15) is 14.9 Å². The molecule has 178 valence electrons. The minimum Gasteiger partial charge on any atom is -0.481 e. The first-order valence-electron chi connectivity index (χ1n) is 12.0. The zero-order chi connectivity index (χ0) is 24.4. The number of nitrogens with one attached hydrogen (secondary N) is 1. The van der Waals surface area contributed by atoms with Gasteiger partial charge in [0, 0.05) is 23.6 Å². The number of carboxylic acid groups (broad SMARTS) is 1. The number of hydrogen-bond donors (Lipinski definition) is 2. The number of nitrogens with zero attached hydrogens (tertiary/aromatic N) is 2. The SMILES string of the molecule is O=C(O)CC1CCC(c2ccc(-c3ccc(C4=NCc5cccc([N+](=O)[O-])c5N4)cc3)cc2)CC1. The maximum Gasteiger partial charge on any atom is 0.303 e. The van der Waals surface area contributed by atoms with Gasteiger partial charge in [-0.2, -0.15) is 0 Å². The van der Waals surface area contributed by atoms with Crippen LogP contribution >= 0.6 is 0 Å². The zero-order valence-corrected chi connectivity index (χ0v) is 19.3. The van der Waals surface area contributed by atoms with E-state index < -0.39 is 5.97 Å².